The van der Waals surface area contributed by atoms with Crippen LogP contribution in [0.1, 0.15) is 52.8 Å². The van der Waals surface area contributed by atoms with Crippen LogP contribution in [0.3, 0.4) is 0 Å². The molecule has 1 N–H and O–H groups in total. The van der Waals surface area contributed by atoms with Gasteiger partial charge < -0.3 is 9.73 Å². The van der Waals surface area contributed by atoms with Crippen LogP contribution in [0, 0.1) is 0 Å². The number of allylic oxidation sites excluding steroid dienone is 5. The first-order valence-electron chi connectivity index (χ1n) is 7.76. The van der Waals surface area contributed by atoms with E-state index in [-0.39, 0.29) is 6.04 Å². The van der Waals surface area contributed by atoms with E-state index < -0.39 is 5.76 Å². The van der Waals surface area contributed by atoms with Crippen LogP contribution in [-0.2, 0) is 6.54 Å². The van der Waals surface area contributed by atoms with Gasteiger partial charge in [0.15, 0.2) is 0 Å². The number of nitrogens with one attached hydrogen (secondary N) is 1. The largest absolute Gasteiger partial charge is 0.437 e. The molecule has 22 heavy (non-hydrogen) atoms. The van der Waals surface area contributed by atoms with Crippen molar-refractivity contribution in [3.8, 4) is 0 Å². The lowest BCUT2D eigenvalue weighted by Crippen LogP contribution is -2.27. The minimum Gasteiger partial charge on any atom is -0.388 e. The highest BCUT2D eigenvalue weighted by molar-refractivity contribution is 5.60. The molecule has 0 unspecified atom stereocenters. The first kappa shape index (κ1) is 16.3. The summed E-state index contributed by atoms with van der Waals surface area (Å²) in [4.78, 5) is 11.9. The van der Waals surface area contributed by atoms with E-state index in [4.69, 9.17) is 4.42 Å². The third-order valence-electron chi connectivity index (χ3n) is 3.71. The van der Waals surface area contributed by atoms with Gasteiger partial charge in [-0.1, -0.05) is 18.2 Å². The molecule has 1 aliphatic rings. The minimum absolute atomic E-state index is 0.272. The summed E-state index contributed by atoms with van der Waals surface area (Å²) in [6.07, 6.45) is 5.52. The number of hydrogen-bond acceptors (Lipinski definition) is 4. The van der Waals surface area contributed by atoms with Crippen molar-refractivity contribution in [1.29, 1.82) is 0 Å². The summed E-state index contributed by atoms with van der Waals surface area (Å²) in [6, 6.07) is 0.272. The summed E-state index contributed by atoms with van der Waals surface area (Å²) in [7, 11) is 0. The average Bonchev–Trinajstić information content (AvgIpc) is 2.96. The predicted molar refractivity (Wildman–Crippen MR) is 88.4 cm³/mol. The van der Waals surface area contributed by atoms with Crippen molar-refractivity contribution >= 4 is 5.57 Å². The van der Waals surface area contributed by atoms with E-state index in [0.717, 1.165) is 24.1 Å². The Morgan fingerprint density at radius 1 is 1.50 bits per heavy atom. The molecular weight excluding hydrogens is 278 g/mol. The Labute approximate surface area is 131 Å². The lowest BCUT2D eigenvalue weighted by molar-refractivity contribution is 0.471. The average molecular weight is 303 g/mol. The fourth-order valence-electron chi connectivity index (χ4n) is 2.64. The third-order valence-corrected chi connectivity index (χ3v) is 3.71. The van der Waals surface area contributed by atoms with Crippen molar-refractivity contribution < 1.29 is 4.42 Å². The van der Waals surface area contributed by atoms with E-state index in [1.54, 1.807) is 0 Å². The monoisotopic (exact) mass is 303 g/mol. The molecule has 0 amide bonds. The molecule has 0 radical (unpaired) electrons. The van der Waals surface area contributed by atoms with Crippen molar-refractivity contribution in [2.24, 2.45) is 0 Å². The van der Waals surface area contributed by atoms with E-state index in [1.165, 1.54) is 22.2 Å². The maximum absolute atomic E-state index is 11.9. The number of rotatable bonds is 6. The van der Waals surface area contributed by atoms with Crippen LogP contribution >= 0.6 is 0 Å². The summed E-state index contributed by atoms with van der Waals surface area (Å²) in [5.41, 5.74) is 4.37. The van der Waals surface area contributed by atoms with Gasteiger partial charge in [-0.15, -0.1) is 5.10 Å². The van der Waals surface area contributed by atoms with E-state index in [1.807, 2.05) is 20.8 Å². The van der Waals surface area contributed by atoms with Gasteiger partial charge in [0.05, 0.1) is 6.54 Å². The summed E-state index contributed by atoms with van der Waals surface area (Å²) < 4.78 is 6.57. The normalized spacial score (nSPS) is 15.8. The lowest BCUT2D eigenvalue weighted by Gasteiger charge is -2.11. The molecular formula is C17H25N3O2. The molecule has 5 heteroatoms. The molecule has 120 valence electrons. The minimum atomic E-state index is -0.452. The highest BCUT2D eigenvalue weighted by atomic mass is 16.4. The van der Waals surface area contributed by atoms with Gasteiger partial charge in [-0.2, -0.15) is 4.68 Å². The zero-order chi connectivity index (χ0) is 16.3. The summed E-state index contributed by atoms with van der Waals surface area (Å²) in [5.74, 6) is -0.0684. The van der Waals surface area contributed by atoms with Crippen LogP contribution in [0.5, 0.6) is 0 Å². The van der Waals surface area contributed by atoms with Crippen molar-refractivity contribution in [3.63, 3.8) is 0 Å². The van der Waals surface area contributed by atoms with E-state index in [2.05, 4.69) is 30.0 Å². The van der Waals surface area contributed by atoms with Gasteiger partial charge in [-0.05, 0) is 52.5 Å². The van der Waals surface area contributed by atoms with Crippen LogP contribution in [0.15, 0.2) is 38.7 Å². The molecule has 1 aromatic heterocycles. The second-order valence-corrected chi connectivity index (χ2v) is 6.22. The van der Waals surface area contributed by atoms with Crippen molar-refractivity contribution in [3.05, 3.63) is 45.9 Å². The van der Waals surface area contributed by atoms with E-state index >= 15 is 0 Å². The SMILES string of the molecule is C=C(Cn1nc(/C(C)=C/C2=C(C)CCC2)oc1=O)NC(C)C. The molecule has 0 atom stereocenters. The maximum atomic E-state index is 11.9. The Hall–Kier alpha value is -2.04. The zero-order valence-electron chi connectivity index (χ0n) is 13.9. The number of nitrogens with zero attached hydrogens (tertiary/aromatic N) is 2. The number of aromatic nitrogens is 2. The van der Waals surface area contributed by atoms with Gasteiger partial charge in [0.1, 0.15) is 0 Å². The Balaban J connectivity index is 2.15. The van der Waals surface area contributed by atoms with Crippen molar-refractivity contribution in [1.82, 2.24) is 15.1 Å². The smallest absolute Gasteiger partial charge is 0.388 e. The Bertz CT molecular complexity index is 674. The zero-order valence-corrected chi connectivity index (χ0v) is 13.9. The Morgan fingerprint density at radius 2 is 2.23 bits per heavy atom. The second-order valence-electron chi connectivity index (χ2n) is 6.22. The van der Waals surface area contributed by atoms with Gasteiger partial charge in [-0.25, -0.2) is 4.79 Å². The molecule has 0 saturated heterocycles. The van der Waals surface area contributed by atoms with Crippen LogP contribution in [-0.4, -0.2) is 15.8 Å². The van der Waals surface area contributed by atoms with Gasteiger partial charge >= 0.3 is 5.76 Å². The predicted octanol–water partition coefficient (Wildman–Crippen LogP) is 3.25. The van der Waals surface area contributed by atoms with Crippen LogP contribution in [0.2, 0.25) is 0 Å². The standard InChI is InChI=1S/C17H25N3O2/c1-11(2)18-14(5)10-20-17(21)22-16(19-20)13(4)9-15-8-6-7-12(15)3/h9,11,18H,5-8,10H2,1-4H3/b13-9+. The van der Waals surface area contributed by atoms with Crippen LogP contribution in [0.4, 0.5) is 0 Å². The van der Waals surface area contributed by atoms with Crippen LogP contribution < -0.4 is 11.1 Å². The van der Waals surface area contributed by atoms with Crippen molar-refractivity contribution in [2.75, 3.05) is 0 Å². The van der Waals surface area contributed by atoms with E-state index in [0.29, 0.717) is 12.4 Å². The molecule has 0 aliphatic heterocycles. The summed E-state index contributed by atoms with van der Waals surface area (Å²) in [5, 5.41) is 7.43. The molecule has 2 rings (SSSR count). The quantitative estimate of drug-likeness (QED) is 0.876. The molecule has 1 aliphatic carbocycles. The summed E-state index contributed by atoms with van der Waals surface area (Å²) >= 11 is 0. The maximum Gasteiger partial charge on any atom is 0.437 e. The fraction of sp³-hybridized carbons (Fsp3) is 0.529. The molecule has 1 heterocycles. The lowest BCUT2D eigenvalue weighted by atomic mass is 10.1. The van der Waals surface area contributed by atoms with Gasteiger partial charge in [0, 0.05) is 17.3 Å². The Morgan fingerprint density at radius 3 is 2.82 bits per heavy atom. The molecule has 0 spiro atoms. The van der Waals surface area contributed by atoms with Gasteiger partial charge in [-0.3, -0.25) is 0 Å². The van der Waals surface area contributed by atoms with Gasteiger partial charge in [0.25, 0.3) is 0 Å². The first-order valence-corrected chi connectivity index (χ1v) is 7.76. The number of hydrogen-bond donors (Lipinski definition) is 1. The van der Waals surface area contributed by atoms with Gasteiger partial charge in [0.2, 0.25) is 5.89 Å². The third kappa shape index (κ3) is 4.00. The summed E-state index contributed by atoms with van der Waals surface area (Å²) in [6.45, 7) is 12.3. The molecule has 0 bridgehead atoms. The molecule has 0 saturated carbocycles. The van der Waals surface area contributed by atoms with Crippen LogP contribution in [0.25, 0.3) is 5.57 Å². The Kier molecular flexibility index (Phi) is 5.06. The highest BCUT2D eigenvalue weighted by Crippen LogP contribution is 2.28. The fourth-order valence-corrected chi connectivity index (χ4v) is 2.64. The molecule has 0 aromatic carbocycles. The second kappa shape index (κ2) is 6.81. The molecule has 5 nitrogen and oxygen atoms in total. The topological polar surface area (TPSA) is 60.1 Å². The highest BCUT2D eigenvalue weighted by Gasteiger charge is 2.13. The molecule has 0 fully saturated rings. The van der Waals surface area contributed by atoms with E-state index in [9.17, 15) is 4.79 Å². The van der Waals surface area contributed by atoms with Crippen molar-refractivity contribution in [2.45, 2.75) is 59.5 Å². The molecule has 1 aromatic rings. The first-order chi connectivity index (χ1) is 10.4.